The number of piperazine rings is 1. The number of rotatable bonds is 7. The van der Waals surface area contributed by atoms with Gasteiger partial charge in [0.2, 0.25) is 5.91 Å². The summed E-state index contributed by atoms with van der Waals surface area (Å²) in [6.45, 7) is 8.01. The molecular weight excluding hydrogens is 420 g/mol. The van der Waals surface area contributed by atoms with Crippen LogP contribution in [0.5, 0.6) is 5.75 Å². The van der Waals surface area contributed by atoms with Crippen molar-refractivity contribution in [3.63, 3.8) is 0 Å². The molecule has 8 nitrogen and oxygen atoms in total. The minimum Gasteiger partial charge on any atom is -0.493 e. The van der Waals surface area contributed by atoms with E-state index in [-0.39, 0.29) is 12.0 Å². The molecule has 1 N–H and O–H groups in total. The minimum atomic E-state index is -0.0810. The highest BCUT2D eigenvalue weighted by molar-refractivity contribution is 5.76. The molecule has 4 aliphatic rings. The number of aromatic nitrogens is 1. The number of nitrogens with one attached hydrogen (secondary N) is 1. The fourth-order valence-corrected chi connectivity index (χ4v) is 5.66. The molecule has 1 aliphatic carbocycles. The summed E-state index contributed by atoms with van der Waals surface area (Å²) in [5.41, 5.74) is 1.29. The maximum atomic E-state index is 12.3. The van der Waals surface area contributed by atoms with Crippen LogP contribution in [0.3, 0.4) is 0 Å². The Bertz CT molecular complexity index is 785. The lowest BCUT2D eigenvalue weighted by molar-refractivity contribution is -0.132. The summed E-state index contributed by atoms with van der Waals surface area (Å²) in [4.78, 5) is 22.0. The van der Waals surface area contributed by atoms with Crippen LogP contribution in [0.15, 0.2) is 12.3 Å². The molecular formula is C25H38N4O4. The largest absolute Gasteiger partial charge is 0.493 e. The van der Waals surface area contributed by atoms with E-state index >= 15 is 0 Å². The summed E-state index contributed by atoms with van der Waals surface area (Å²) < 4.78 is 16.7. The summed E-state index contributed by atoms with van der Waals surface area (Å²) >= 11 is 0. The fraction of sp³-hybridized carbons (Fsp3) is 0.760. The first-order chi connectivity index (χ1) is 16.2. The van der Waals surface area contributed by atoms with Gasteiger partial charge in [0.25, 0.3) is 0 Å². The predicted molar refractivity (Wildman–Crippen MR) is 126 cm³/mol. The summed E-state index contributed by atoms with van der Waals surface area (Å²) in [6.07, 6.45) is 9.08. The number of carbonyl (C=O) groups is 1. The van der Waals surface area contributed by atoms with Gasteiger partial charge in [0, 0.05) is 50.4 Å². The van der Waals surface area contributed by atoms with Crippen LogP contribution in [0, 0.1) is 5.92 Å². The van der Waals surface area contributed by atoms with Crippen LogP contribution in [0.2, 0.25) is 0 Å². The van der Waals surface area contributed by atoms with Gasteiger partial charge in [-0.15, -0.1) is 0 Å². The Kier molecular flexibility index (Phi) is 7.64. The molecule has 0 bridgehead atoms. The Balaban J connectivity index is 0.980. The van der Waals surface area contributed by atoms with Crippen molar-refractivity contribution in [1.29, 1.82) is 0 Å². The molecule has 5 rings (SSSR count). The molecule has 0 aromatic carbocycles. The number of hydrogen-bond acceptors (Lipinski definition) is 7. The van der Waals surface area contributed by atoms with Crippen molar-refractivity contribution in [3.8, 4) is 5.75 Å². The van der Waals surface area contributed by atoms with Gasteiger partial charge >= 0.3 is 0 Å². The molecule has 8 heteroatoms. The Morgan fingerprint density at radius 1 is 1.09 bits per heavy atom. The molecule has 0 radical (unpaired) electrons. The zero-order chi connectivity index (χ0) is 22.5. The van der Waals surface area contributed by atoms with Crippen LogP contribution in [0.4, 0.5) is 5.82 Å². The first kappa shape index (κ1) is 22.9. The molecule has 182 valence electrons. The average molecular weight is 459 g/mol. The second kappa shape index (κ2) is 11.0. The number of amides is 1. The lowest BCUT2D eigenvalue weighted by atomic mass is 9.84. The Labute approximate surface area is 196 Å². The van der Waals surface area contributed by atoms with Crippen molar-refractivity contribution in [2.45, 2.75) is 57.1 Å². The number of nitrogens with zero attached hydrogens (tertiary/aromatic N) is 3. The van der Waals surface area contributed by atoms with E-state index in [1.54, 1.807) is 0 Å². The van der Waals surface area contributed by atoms with Gasteiger partial charge in [-0.1, -0.05) is 0 Å². The van der Waals surface area contributed by atoms with Gasteiger partial charge in [-0.25, -0.2) is 4.98 Å². The first-order valence-electron chi connectivity index (χ1n) is 12.8. The van der Waals surface area contributed by atoms with Crippen LogP contribution < -0.4 is 15.0 Å². The lowest BCUT2D eigenvalue weighted by Crippen LogP contribution is -2.47. The van der Waals surface area contributed by atoms with E-state index in [2.05, 4.69) is 20.1 Å². The average Bonchev–Trinajstić information content (AvgIpc) is 3.34. The molecule has 1 saturated carbocycles. The maximum Gasteiger partial charge on any atom is 0.222 e. The van der Waals surface area contributed by atoms with E-state index in [9.17, 15) is 4.79 Å². The van der Waals surface area contributed by atoms with Crippen molar-refractivity contribution in [2.75, 3.05) is 64.1 Å². The molecule has 3 aliphatic heterocycles. The number of ether oxygens (including phenoxy) is 3. The smallest absolute Gasteiger partial charge is 0.222 e. The molecule has 4 heterocycles. The highest BCUT2D eigenvalue weighted by Crippen LogP contribution is 2.32. The van der Waals surface area contributed by atoms with E-state index in [0.717, 1.165) is 69.5 Å². The molecule has 0 unspecified atom stereocenters. The minimum absolute atomic E-state index is 0.0810. The van der Waals surface area contributed by atoms with Crippen LogP contribution >= 0.6 is 0 Å². The van der Waals surface area contributed by atoms with Gasteiger partial charge in [0.15, 0.2) is 0 Å². The normalized spacial score (nSPS) is 28.2. The van der Waals surface area contributed by atoms with E-state index in [4.69, 9.17) is 14.2 Å². The SMILES string of the molecule is O=C(C[C@@H]1COCCO1)NC1CCC(CCN2CCN(c3nccc4c3CCO4)CC2)CC1. The molecule has 1 aromatic heterocycles. The monoisotopic (exact) mass is 458 g/mol. The third kappa shape index (κ3) is 5.97. The van der Waals surface area contributed by atoms with Gasteiger partial charge < -0.3 is 24.4 Å². The van der Waals surface area contributed by atoms with E-state index in [0.29, 0.717) is 32.3 Å². The predicted octanol–water partition coefficient (Wildman–Crippen LogP) is 2.01. The first-order valence-corrected chi connectivity index (χ1v) is 12.8. The second-order valence-electron chi connectivity index (χ2n) is 9.88. The van der Waals surface area contributed by atoms with Gasteiger partial charge in [-0.05, 0) is 50.6 Å². The Hall–Kier alpha value is -1.90. The number of anilines is 1. The molecule has 33 heavy (non-hydrogen) atoms. The van der Waals surface area contributed by atoms with E-state index < -0.39 is 0 Å². The van der Waals surface area contributed by atoms with Crippen molar-refractivity contribution in [1.82, 2.24) is 15.2 Å². The molecule has 1 amide bonds. The summed E-state index contributed by atoms with van der Waals surface area (Å²) in [7, 11) is 0. The topological polar surface area (TPSA) is 76.2 Å². The van der Waals surface area contributed by atoms with Crippen LogP contribution in [0.25, 0.3) is 0 Å². The van der Waals surface area contributed by atoms with Crippen LogP contribution in [0.1, 0.15) is 44.1 Å². The third-order valence-electron chi connectivity index (χ3n) is 7.64. The van der Waals surface area contributed by atoms with Gasteiger partial charge in [-0.3, -0.25) is 9.69 Å². The summed E-state index contributed by atoms with van der Waals surface area (Å²) in [6, 6.07) is 2.31. The summed E-state index contributed by atoms with van der Waals surface area (Å²) in [5.74, 6) is 3.04. The van der Waals surface area contributed by atoms with Gasteiger partial charge in [0.05, 0.1) is 39.0 Å². The van der Waals surface area contributed by atoms with Crippen molar-refractivity contribution in [3.05, 3.63) is 17.8 Å². The second-order valence-corrected chi connectivity index (χ2v) is 9.88. The highest BCUT2D eigenvalue weighted by atomic mass is 16.6. The number of hydrogen-bond donors (Lipinski definition) is 1. The Morgan fingerprint density at radius 2 is 1.94 bits per heavy atom. The quantitative estimate of drug-likeness (QED) is 0.670. The Morgan fingerprint density at radius 3 is 2.73 bits per heavy atom. The highest BCUT2D eigenvalue weighted by Gasteiger charge is 2.27. The van der Waals surface area contributed by atoms with E-state index in [1.807, 2.05) is 12.3 Å². The zero-order valence-corrected chi connectivity index (χ0v) is 19.7. The van der Waals surface area contributed by atoms with E-state index in [1.165, 1.54) is 31.4 Å². The number of fused-ring (bicyclic) bond motifs is 1. The van der Waals surface area contributed by atoms with Crippen molar-refractivity contribution < 1.29 is 19.0 Å². The molecule has 1 aromatic rings. The van der Waals surface area contributed by atoms with Crippen molar-refractivity contribution in [2.24, 2.45) is 5.92 Å². The van der Waals surface area contributed by atoms with Gasteiger partial charge in [0.1, 0.15) is 11.6 Å². The standard InChI is InChI=1S/C25H38N4O4/c30-24(17-21-18-31-15-16-32-21)27-20-3-1-19(2-4-20)6-9-28-10-12-29(13-11-28)25-22-7-14-33-23(22)5-8-26-25/h5,8,19-21H,1-4,6-7,9-18H2,(H,27,30)/t19?,20?,21-/m1/s1. The molecule has 1 atom stereocenters. The summed E-state index contributed by atoms with van der Waals surface area (Å²) in [5, 5.41) is 3.23. The number of carbonyl (C=O) groups excluding carboxylic acids is 1. The maximum absolute atomic E-state index is 12.3. The number of pyridine rings is 1. The third-order valence-corrected chi connectivity index (χ3v) is 7.64. The molecule has 2 saturated heterocycles. The van der Waals surface area contributed by atoms with Crippen LogP contribution in [-0.4, -0.2) is 87.1 Å². The zero-order valence-electron chi connectivity index (χ0n) is 19.7. The van der Waals surface area contributed by atoms with Crippen molar-refractivity contribution >= 4 is 11.7 Å². The van der Waals surface area contributed by atoms with Crippen LogP contribution in [-0.2, 0) is 20.7 Å². The molecule has 3 fully saturated rings. The fourth-order valence-electron chi connectivity index (χ4n) is 5.66. The molecule has 0 spiro atoms. The lowest BCUT2D eigenvalue weighted by Gasteiger charge is -2.37. The van der Waals surface area contributed by atoms with Gasteiger partial charge in [-0.2, -0.15) is 0 Å².